The third-order valence-corrected chi connectivity index (χ3v) is 4.91. The number of nitrogens with one attached hydrogen (secondary N) is 1. The molecule has 1 aliphatic heterocycles. The van der Waals surface area contributed by atoms with Gasteiger partial charge in [-0.25, -0.2) is 0 Å². The minimum absolute atomic E-state index is 0.119. The van der Waals surface area contributed by atoms with E-state index >= 15 is 0 Å². The number of amides is 1. The lowest BCUT2D eigenvalue weighted by Crippen LogP contribution is -2.54. The van der Waals surface area contributed by atoms with Gasteiger partial charge < -0.3 is 5.32 Å². The largest absolute Gasteiger partial charge is 0.352 e. The number of rotatable bonds is 5. The van der Waals surface area contributed by atoms with E-state index in [9.17, 15) is 4.79 Å². The van der Waals surface area contributed by atoms with E-state index < -0.39 is 0 Å². The van der Waals surface area contributed by atoms with Crippen molar-refractivity contribution in [2.24, 2.45) is 17.8 Å². The third kappa shape index (κ3) is 3.95. The van der Waals surface area contributed by atoms with Gasteiger partial charge in [0.15, 0.2) is 0 Å². The van der Waals surface area contributed by atoms with Crippen molar-refractivity contribution in [3.8, 4) is 0 Å². The summed E-state index contributed by atoms with van der Waals surface area (Å²) in [5, 5.41) is 3.15. The minimum Gasteiger partial charge on any atom is -0.352 e. The van der Waals surface area contributed by atoms with Crippen LogP contribution < -0.4 is 5.32 Å². The SMILES string of the molecule is CCC(C1CC1)N1CC(NC(C)=O)CC(C(C)C)C1. The Labute approximate surface area is 118 Å². The van der Waals surface area contributed by atoms with E-state index in [1.165, 1.54) is 25.8 Å². The highest BCUT2D eigenvalue weighted by atomic mass is 16.1. The molecule has 1 saturated heterocycles. The van der Waals surface area contributed by atoms with Crippen LogP contribution in [0.4, 0.5) is 0 Å². The average Bonchev–Trinajstić information content (AvgIpc) is 3.13. The molecule has 3 nitrogen and oxygen atoms in total. The Bertz CT molecular complexity index is 312. The van der Waals surface area contributed by atoms with Crippen molar-refractivity contribution < 1.29 is 4.79 Å². The lowest BCUT2D eigenvalue weighted by molar-refractivity contribution is -0.120. The lowest BCUT2D eigenvalue weighted by Gasteiger charge is -2.43. The first-order valence-electron chi connectivity index (χ1n) is 8.02. The second kappa shape index (κ2) is 6.25. The number of carbonyl (C=O) groups excluding carboxylic acids is 1. The van der Waals surface area contributed by atoms with Gasteiger partial charge in [-0.2, -0.15) is 0 Å². The number of hydrogen-bond acceptors (Lipinski definition) is 2. The summed E-state index contributed by atoms with van der Waals surface area (Å²) in [6.45, 7) is 10.9. The smallest absolute Gasteiger partial charge is 0.217 e. The van der Waals surface area contributed by atoms with Crippen LogP contribution in [0.3, 0.4) is 0 Å². The first-order valence-corrected chi connectivity index (χ1v) is 8.02. The maximum absolute atomic E-state index is 11.4. The van der Waals surface area contributed by atoms with Gasteiger partial charge in [0.2, 0.25) is 5.91 Å². The molecule has 0 spiro atoms. The van der Waals surface area contributed by atoms with E-state index in [0.717, 1.165) is 30.8 Å². The molecule has 0 aromatic rings. The minimum atomic E-state index is 0.119. The van der Waals surface area contributed by atoms with Crippen LogP contribution in [0.2, 0.25) is 0 Å². The molecule has 1 heterocycles. The Morgan fingerprint density at radius 3 is 2.42 bits per heavy atom. The summed E-state index contributed by atoms with van der Waals surface area (Å²) in [5.74, 6) is 2.47. The van der Waals surface area contributed by atoms with E-state index in [0.29, 0.717) is 12.0 Å². The summed E-state index contributed by atoms with van der Waals surface area (Å²) >= 11 is 0. The number of piperidine rings is 1. The summed E-state index contributed by atoms with van der Waals surface area (Å²) < 4.78 is 0. The standard InChI is InChI=1S/C16H30N2O/c1-5-16(13-6-7-13)18-9-14(11(2)3)8-15(10-18)17-12(4)19/h11,13-16H,5-10H2,1-4H3,(H,17,19). The third-order valence-electron chi connectivity index (χ3n) is 4.91. The first kappa shape index (κ1) is 14.8. The van der Waals surface area contributed by atoms with Gasteiger partial charge in [0, 0.05) is 32.1 Å². The molecule has 2 rings (SSSR count). The highest BCUT2D eigenvalue weighted by molar-refractivity contribution is 5.73. The maximum Gasteiger partial charge on any atom is 0.217 e. The van der Waals surface area contributed by atoms with Crippen LogP contribution in [0.15, 0.2) is 0 Å². The summed E-state index contributed by atoms with van der Waals surface area (Å²) in [5.41, 5.74) is 0. The van der Waals surface area contributed by atoms with Gasteiger partial charge >= 0.3 is 0 Å². The molecule has 110 valence electrons. The predicted molar refractivity (Wildman–Crippen MR) is 78.9 cm³/mol. The highest BCUT2D eigenvalue weighted by Crippen LogP contribution is 2.38. The van der Waals surface area contributed by atoms with Gasteiger partial charge in [0.25, 0.3) is 0 Å². The van der Waals surface area contributed by atoms with Gasteiger partial charge in [0.05, 0.1) is 0 Å². The van der Waals surface area contributed by atoms with Crippen LogP contribution in [0.25, 0.3) is 0 Å². The van der Waals surface area contributed by atoms with E-state index in [2.05, 4.69) is 31.0 Å². The van der Waals surface area contributed by atoms with Crippen LogP contribution in [0.1, 0.15) is 53.4 Å². The number of nitrogens with zero attached hydrogens (tertiary/aromatic N) is 1. The van der Waals surface area contributed by atoms with Crippen LogP contribution in [-0.2, 0) is 4.79 Å². The molecule has 0 radical (unpaired) electrons. The second-order valence-corrected chi connectivity index (χ2v) is 6.90. The van der Waals surface area contributed by atoms with Crippen molar-refractivity contribution in [1.29, 1.82) is 0 Å². The Morgan fingerprint density at radius 2 is 1.95 bits per heavy atom. The van der Waals surface area contributed by atoms with Crippen LogP contribution in [0, 0.1) is 17.8 Å². The molecule has 0 aromatic carbocycles. The lowest BCUT2D eigenvalue weighted by atomic mass is 9.84. The quantitative estimate of drug-likeness (QED) is 0.829. The van der Waals surface area contributed by atoms with Crippen molar-refractivity contribution in [2.45, 2.75) is 65.5 Å². The molecular formula is C16H30N2O. The summed E-state index contributed by atoms with van der Waals surface area (Å²) in [6.07, 6.45) is 5.22. The number of hydrogen-bond donors (Lipinski definition) is 1. The van der Waals surface area contributed by atoms with Gasteiger partial charge in [-0.1, -0.05) is 20.8 Å². The molecule has 1 aliphatic carbocycles. The fourth-order valence-corrected chi connectivity index (χ4v) is 3.69. The molecule has 19 heavy (non-hydrogen) atoms. The predicted octanol–water partition coefficient (Wildman–Crippen LogP) is 2.66. The van der Waals surface area contributed by atoms with E-state index in [4.69, 9.17) is 0 Å². The molecule has 3 heteroatoms. The molecule has 1 saturated carbocycles. The summed E-state index contributed by atoms with van der Waals surface area (Å²) in [7, 11) is 0. The molecule has 3 unspecified atom stereocenters. The Kier molecular flexibility index (Phi) is 4.88. The molecule has 1 N–H and O–H groups in total. The normalized spacial score (nSPS) is 30.4. The van der Waals surface area contributed by atoms with E-state index in [1.807, 2.05) is 0 Å². The first-order chi connectivity index (χ1) is 9.01. The number of likely N-dealkylation sites (tertiary alicyclic amines) is 1. The molecule has 0 aromatic heterocycles. The van der Waals surface area contributed by atoms with Crippen molar-refractivity contribution in [3.63, 3.8) is 0 Å². The Morgan fingerprint density at radius 1 is 1.26 bits per heavy atom. The fraction of sp³-hybridized carbons (Fsp3) is 0.938. The molecular weight excluding hydrogens is 236 g/mol. The molecule has 2 fully saturated rings. The van der Waals surface area contributed by atoms with Gasteiger partial charge in [-0.3, -0.25) is 9.69 Å². The number of carbonyl (C=O) groups is 1. The Hall–Kier alpha value is -0.570. The van der Waals surface area contributed by atoms with Crippen molar-refractivity contribution in [2.75, 3.05) is 13.1 Å². The van der Waals surface area contributed by atoms with Crippen LogP contribution >= 0.6 is 0 Å². The topological polar surface area (TPSA) is 32.3 Å². The van der Waals surface area contributed by atoms with E-state index in [1.54, 1.807) is 6.92 Å². The zero-order valence-corrected chi connectivity index (χ0v) is 13.0. The van der Waals surface area contributed by atoms with Crippen LogP contribution in [-0.4, -0.2) is 36.0 Å². The monoisotopic (exact) mass is 266 g/mol. The zero-order valence-electron chi connectivity index (χ0n) is 13.0. The summed E-state index contributed by atoms with van der Waals surface area (Å²) in [6, 6.07) is 1.10. The van der Waals surface area contributed by atoms with Gasteiger partial charge in [-0.15, -0.1) is 0 Å². The fourth-order valence-electron chi connectivity index (χ4n) is 3.69. The molecule has 0 bridgehead atoms. The van der Waals surface area contributed by atoms with Crippen molar-refractivity contribution >= 4 is 5.91 Å². The summed E-state index contributed by atoms with van der Waals surface area (Å²) in [4.78, 5) is 14.0. The zero-order chi connectivity index (χ0) is 14.0. The van der Waals surface area contributed by atoms with E-state index in [-0.39, 0.29) is 5.91 Å². The molecule has 3 atom stereocenters. The van der Waals surface area contributed by atoms with Crippen molar-refractivity contribution in [3.05, 3.63) is 0 Å². The Balaban J connectivity index is 2.02. The van der Waals surface area contributed by atoms with Crippen molar-refractivity contribution in [1.82, 2.24) is 10.2 Å². The van der Waals surface area contributed by atoms with Crippen LogP contribution in [0.5, 0.6) is 0 Å². The average molecular weight is 266 g/mol. The van der Waals surface area contributed by atoms with Gasteiger partial charge in [0.1, 0.15) is 0 Å². The van der Waals surface area contributed by atoms with Gasteiger partial charge in [-0.05, 0) is 43.4 Å². The highest BCUT2D eigenvalue weighted by Gasteiger charge is 2.38. The second-order valence-electron chi connectivity index (χ2n) is 6.90. The molecule has 1 amide bonds. The molecule has 2 aliphatic rings. The maximum atomic E-state index is 11.4.